The number of hydrogen-bond donors (Lipinski definition) is 1. The molecule has 0 spiro atoms. The number of amides is 2. The summed E-state index contributed by atoms with van der Waals surface area (Å²) in [5, 5.41) is 3.11. The van der Waals surface area contributed by atoms with Crippen molar-refractivity contribution >= 4 is 11.8 Å². The molecular formula is C29H39N3O4. The van der Waals surface area contributed by atoms with Gasteiger partial charge in [0.05, 0.1) is 6.10 Å². The standard InChI is InChI=1S/C29H39N3O4/c1-2-32(18-22-12-7-6-8-13-22)29(35)26-21-31(19-24-16-11-17-36-24)20-25(27(26)33)28(34)30-23-14-9-4-3-5-10-15-23/h6-8,12-13,20-21,23-24H,2-5,9-11,14-19H2,1H3,(H,30,34)/t24-/m1/s1. The molecule has 1 aliphatic carbocycles. The first kappa shape index (κ1) is 26.1. The van der Waals surface area contributed by atoms with Gasteiger partial charge in [0.1, 0.15) is 11.1 Å². The molecule has 0 bridgehead atoms. The van der Waals surface area contributed by atoms with Crippen LogP contribution in [0.1, 0.15) is 91.0 Å². The zero-order valence-corrected chi connectivity index (χ0v) is 21.4. The van der Waals surface area contributed by atoms with Gasteiger partial charge in [-0.2, -0.15) is 0 Å². The number of aromatic nitrogens is 1. The van der Waals surface area contributed by atoms with Crippen molar-refractivity contribution in [2.24, 2.45) is 0 Å². The zero-order chi connectivity index (χ0) is 25.3. The summed E-state index contributed by atoms with van der Waals surface area (Å²) in [6, 6.07) is 9.79. The SMILES string of the molecule is CCN(Cc1ccccc1)C(=O)c1cn(C[C@H]2CCCO2)cc(C(=O)NC2CCCCCCC2)c1=O. The van der Waals surface area contributed by atoms with Crippen LogP contribution in [0.25, 0.3) is 0 Å². The van der Waals surface area contributed by atoms with Crippen LogP contribution in [-0.2, 0) is 17.8 Å². The second-order valence-electron chi connectivity index (χ2n) is 10.1. The van der Waals surface area contributed by atoms with E-state index in [2.05, 4.69) is 5.32 Å². The Kier molecular flexibility index (Phi) is 9.34. The van der Waals surface area contributed by atoms with E-state index in [9.17, 15) is 14.4 Å². The van der Waals surface area contributed by atoms with Crippen LogP contribution in [0.2, 0.25) is 0 Å². The van der Waals surface area contributed by atoms with E-state index in [1.165, 1.54) is 19.3 Å². The number of nitrogens with one attached hydrogen (secondary N) is 1. The molecule has 7 heteroatoms. The fourth-order valence-electron chi connectivity index (χ4n) is 5.24. The number of pyridine rings is 1. The Morgan fingerprint density at radius 3 is 2.33 bits per heavy atom. The number of carbonyl (C=O) groups excluding carboxylic acids is 2. The van der Waals surface area contributed by atoms with E-state index < -0.39 is 5.43 Å². The molecule has 36 heavy (non-hydrogen) atoms. The van der Waals surface area contributed by atoms with Crippen LogP contribution >= 0.6 is 0 Å². The first-order valence-electron chi connectivity index (χ1n) is 13.5. The van der Waals surface area contributed by atoms with Gasteiger partial charge in [0, 0.05) is 44.7 Å². The molecule has 1 aliphatic heterocycles. The highest BCUT2D eigenvalue weighted by atomic mass is 16.5. The van der Waals surface area contributed by atoms with Crippen LogP contribution in [0.3, 0.4) is 0 Å². The van der Waals surface area contributed by atoms with Crippen molar-refractivity contribution in [3.8, 4) is 0 Å². The van der Waals surface area contributed by atoms with E-state index in [1.807, 2.05) is 37.3 Å². The largest absolute Gasteiger partial charge is 0.376 e. The van der Waals surface area contributed by atoms with Crippen molar-refractivity contribution in [3.63, 3.8) is 0 Å². The summed E-state index contributed by atoms with van der Waals surface area (Å²) >= 11 is 0. The highest BCUT2D eigenvalue weighted by Gasteiger charge is 2.25. The fourth-order valence-corrected chi connectivity index (χ4v) is 5.24. The minimum Gasteiger partial charge on any atom is -0.376 e. The van der Waals surface area contributed by atoms with Gasteiger partial charge in [-0.1, -0.05) is 62.4 Å². The highest BCUT2D eigenvalue weighted by molar-refractivity contribution is 5.99. The molecule has 2 amide bonds. The van der Waals surface area contributed by atoms with Gasteiger partial charge in [-0.3, -0.25) is 14.4 Å². The second kappa shape index (κ2) is 12.9. The summed E-state index contributed by atoms with van der Waals surface area (Å²) in [5.74, 6) is -0.736. The molecule has 2 fully saturated rings. The maximum Gasteiger partial charge on any atom is 0.259 e. The Hall–Kier alpha value is -2.93. The van der Waals surface area contributed by atoms with Crippen LogP contribution in [0.5, 0.6) is 0 Å². The topological polar surface area (TPSA) is 80.6 Å². The van der Waals surface area contributed by atoms with Gasteiger partial charge in [0.2, 0.25) is 5.43 Å². The van der Waals surface area contributed by atoms with Crippen LogP contribution in [-0.4, -0.2) is 46.6 Å². The first-order chi connectivity index (χ1) is 17.5. The number of rotatable bonds is 8. The van der Waals surface area contributed by atoms with E-state index in [1.54, 1.807) is 21.9 Å². The van der Waals surface area contributed by atoms with Gasteiger partial charge in [0.25, 0.3) is 11.8 Å². The smallest absolute Gasteiger partial charge is 0.259 e. The van der Waals surface area contributed by atoms with Crippen LogP contribution < -0.4 is 10.7 Å². The van der Waals surface area contributed by atoms with E-state index in [4.69, 9.17) is 4.74 Å². The minimum atomic E-state index is -0.501. The number of hydrogen-bond acceptors (Lipinski definition) is 4. The lowest BCUT2D eigenvalue weighted by molar-refractivity contribution is 0.0747. The molecule has 0 unspecified atom stereocenters. The monoisotopic (exact) mass is 493 g/mol. The Morgan fingerprint density at radius 1 is 0.972 bits per heavy atom. The molecule has 1 atom stereocenters. The number of ether oxygens (including phenoxy) is 1. The van der Waals surface area contributed by atoms with E-state index >= 15 is 0 Å². The van der Waals surface area contributed by atoms with Crippen molar-refractivity contribution in [2.75, 3.05) is 13.2 Å². The number of nitrogens with zero attached hydrogens (tertiary/aromatic N) is 2. The molecule has 2 heterocycles. The average molecular weight is 494 g/mol. The van der Waals surface area contributed by atoms with Crippen LogP contribution in [0, 0.1) is 0 Å². The summed E-state index contributed by atoms with van der Waals surface area (Å²) in [6.07, 6.45) is 12.8. The van der Waals surface area contributed by atoms with Gasteiger partial charge >= 0.3 is 0 Å². The molecule has 2 aliphatic rings. The van der Waals surface area contributed by atoms with Crippen molar-refractivity contribution in [2.45, 2.75) is 89.9 Å². The van der Waals surface area contributed by atoms with Gasteiger partial charge < -0.3 is 19.5 Å². The molecule has 1 aromatic heterocycles. The van der Waals surface area contributed by atoms with Crippen molar-refractivity contribution < 1.29 is 14.3 Å². The number of carbonyl (C=O) groups is 2. The third-order valence-electron chi connectivity index (χ3n) is 7.32. The summed E-state index contributed by atoms with van der Waals surface area (Å²) in [7, 11) is 0. The lowest BCUT2D eigenvalue weighted by Gasteiger charge is -2.23. The summed E-state index contributed by atoms with van der Waals surface area (Å²) in [6.45, 7) is 3.98. The van der Waals surface area contributed by atoms with Crippen molar-refractivity contribution in [3.05, 3.63) is 69.6 Å². The Bertz CT molecular complexity index is 1070. The van der Waals surface area contributed by atoms with Gasteiger partial charge in [-0.05, 0) is 38.2 Å². The third-order valence-corrected chi connectivity index (χ3v) is 7.32. The molecule has 1 aromatic carbocycles. The molecule has 194 valence electrons. The summed E-state index contributed by atoms with van der Waals surface area (Å²) in [4.78, 5) is 42.1. The summed E-state index contributed by atoms with van der Waals surface area (Å²) in [5.41, 5.74) is 0.566. The molecule has 2 aromatic rings. The van der Waals surface area contributed by atoms with Crippen LogP contribution in [0.15, 0.2) is 47.5 Å². The first-order valence-corrected chi connectivity index (χ1v) is 13.5. The minimum absolute atomic E-state index is 0.0172. The molecule has 4 rings (SSSR count). The van der Waals surface area contributed by atoms with Gasteiger partial charge in [-0.15, -0.1) is 0 Å². The maximum absolute atomic E-state index is 13.6. The normalized spacial score (nSPS) is 18.9. The Balaban J connectivity index is 1.61. The zero-order valence-electron chi connectivity index (χ0n) is 21.4. The molecule has 1 saturated carbocycles. The molecular weight excluding hydrogens is 454 g/mol. The predicted molar refractivity (Wildman–Crippen MR) is 140 cm³/mol. The highest BCUT2D eigenvalue weighted by Crippen LogP contribution is 2.18. The lowest BCUT2D eigenvalue weighted by atomic mass is 9.96. The van der Waals surface area contributed by atoms with E-state index in [0.717, 1.165) is 44.1 Å². The Labute approximate surface area is 213 Å². The third kappa shape index (κ3) is 6.84. The van der Waals surface area contributed by atoms with Crippen molar-refractivity contribution in [1.29, 1.82) is 0 Å². The average Bonchev–Trinajstić information content (AvgIpc) is 3.38. The van der Waals surface area contributed by atoms with Gasteiger partial charge in [-0.25, -0.2) is 0 Å². The molecule has 1 N–H and O–H groups in total. The fraction of sp³-hybridized carbons (Fsp3) is 0.552. The molecule has 1 saturated heterocycles. The number of benzene rings is 1. The quantitative estimate of drug-likeness (QED) is 0.586. The van der Waals surface area contributed by atoms with Crippen molar-refractivity contribution in [1.82, 2.24) is 14.8 Å². The lowest BCUT2D eigenvalue weighted by Crippen LogP contribution is -2.41. The predicted octanol–water partition coefficient (Wildman–Crippen LogP) is 4.53. The molecule has 7 nitrogen and oxygen atoms in total. The Morgan fingerprint density at radius 2 is 1.67 bits per heavy atom. The maximum atomic E-state index is 13.6. The second-order valence-corrected chi connectivity index (χ2v) is 10.1. The molecule has 0 radical (unpaired) electrons. The van der Waals surface area contributed by atoms with Gasteiger partial charge in [0.15, 0.2) is 0 Å². The van der Waals surface area contributed by atoms with E-state index in [0.29, 0.717) is 26.2 Å². The van der Waals surface area contributed by atoms with Crippen LogP contribution in [0.4, 0.5) is 0 Å². The summed E-state index contributed by atoms with van der Waals surface area (Å²) < 4.78 is 7.59. The van der Waals surface area contributed by atoms with E-state index in [-0.39, 0.29) is 35.1 Å².